The molecule has 4 nitrogen and oxygen atoms in total. The minimum atomic E-state index is -0.859. The molecule has 5 heteroatoms. The van der Waals surface area contributed by atoms with Crippen LogP contribution < -0.4 is 0 Å². The average Bonchev–Trinajstić information content (AvgIpc) is 1.98. The van der Waals surface area contributed by atoms with Gasteiger partial charge >= 0.3 is 6.09 Å². The molecule has 0 saturated heterocycles. The predicted octanol–water partition coefficient (Wildman–Crippen LogP) is 1.35. The van der Waals surface area contributed by atoms with Gasteiger partial charge in [-0.05, 0) is 13.3 Å². The Morgan fingerprint density at radius 3 is 2.55 bits per heavy atom. The summed E-state index contributed by atoms with van der Waals surface area (Å²) in [5, 5.41) is 0. The van der Waals surface area contributed by atoms with Crippen LogP contribution in [-0.2, 0) is 9.53 Å². The van der Waals surface area contributed by atoms with Crippen molar-refractivity contribution in [2.24, 2.45) is 0 Å². The lowest BCUT2D eigenvalue weighted by atomic mass is 10.5. The molecule has 0 aliphatic carbocycles. The summed E-state index contributed by atoms with van der Waals surface area (Å²) in [6.07, 6.45) is -0.406. The number of imide groups is 1. The van der Waals surface area contributed by atoms with Gasteiger partial charge in [0.1, 0.15) is 0 Å². The zero-order valence-electron chi connectivity index (χ0n) is 6.17. The Morgan fingerprint density at radius 1 is 1.64 bits per heavy atom. The fourth-order valence-electron chi connectivity index (χ4n) is 0.345. The van der Waals surface area contributed by atoms with Crippen molar-refractivity contribution in [3.05, 3.63) is 6.92 Å². The molecule has 1 radical (unpaired) electrons. The number of amides is 2. The molecule has 0 heterocycles. The van der Waals surface area contributed by atoms with Crippen LogP contribution in [0.25, 0.3) is 0 Å². The molecule has 0 atom stereocenters. The SMILES string of the molecule is [CH2]CCOC(=O)N(Cl)C(C)=O. The van der Waals surface area contributed by atoms with Gasteiger partial charge < -0.3 is 4.74 Å². The second kappa shape index (κ2) is 4.96. The van der Waals surface area contributed by atoms with Crippen LogP contribution in [0.1, 0.15) is 13.3 Å². The topological polar surface area (TPSA) is 46.6 Å². The predicted molar refractivity (Wildman–Crippen MR) is 39.7 cm³/mol. The van der Waals surface area contributed by atoms with Gasteiger partial charge in [-0.2, -0.15) is 4.42 Å². The summed E-state index contributed by atoms with van der Waals surface area (Å²) >= 11 is 5.19. The normalized spacial score (nSPS) is 9.00. The van der Waals surface area contributed by atoms with E-state index in [1.165, 1.54) is 6.92 Å². The first-order valence-electron chi connectivity index (χ1n) is 3.02. The van der Waals surface area contributed by atoms with Crippen LogP contribution in [0.4, 0.5) is 4.79 Å². The van der Waals surface area contributed by atoms with Crippen molar-refractivity contribution in [2.75, 3.05) is 6.61 Å². The van der Waals surface area contributed by atoms with Crippen molar-refractivity contribution < 1.29 is 14.3 Å². The highest BCUT2D eigenvalue weighted by Gasteiger charge is 2.15. The summed E-state index contributed by atoms with van der Waals surface area (Å²) in [5.74, 6) is -0.569. The first-order chi connectivity index (χ1) is 5.09. The van der Waals surface area contributed by atoms with Gasteiger partial charge in [-0.15, -0.1) is 0 Å². The second-order valence-electron chi connectivity index (χ2n) is 1.77. The van der Waals surface area contributed by atoms with Gasteiger partial charge in [0.05, 0.1) is 6.61 Å². The van der Waals surface area contributed by atoms with E-state index in [4.69, 9.17) is 11.8 Å². The van der Waals surface area contributed by atoms with E-state index >= 15 is 0 Å². The minimum absolute atomic E-state index is 0.162. The third-order valence-corrected chi connectivity index (χ3v) is 1.18. The van der Waals surface area contributed by atoms with E-state index in [-0.39, 0.29) is 6.61 Å². The summed E-state index contributed by atoms with van der Waals surface area (Å²) < 4.78 is 4.87. The Balaban J connectivity index is 3.74. The number of hydrogen-bond acceptors (Lipinski definition) is 3. The van der Waals surface area contributed by atoms with E-state index in [1.54, 1.807) is 0 Å². The van der Waals surface area contributed by atoms with Crippen LogP contribution in [0.5, 0.6) is 0 Å². The van der Waals surface area contributed by atoms with Crippen molar-refractivity contribution in [1.29, 1.82) is 0 Å². The van der Waals surface area contributed by atoms with E-state index in [9.17, 15) is 9.59 Å². The zero-order chi connectivity index (χ0) is 8.85. The lowest BCUT2D eigenvalue weighted by molar-refractivity contribution is -0.123. The molecule has 0 aromatic rings. The Hall–Kier alpha value is -0.770. The average molecular weight is 179 g/mol. The van der Waals surface area contributed by atoms with E-state index in [2.05, 4.69) is 11.7 Å². The highest BCUT2D eigenvalue weighted by Crippen LogP contribution is 1.99. The van der Waals surface area contributed by atoms with Crippen molar-refractivity contribution in [3.8, 4) is 0 Å². The monoisotopic (exact) mass is 178 g/mol. The number of rotatable bonds is 2. The second-order valence-corrected chi connectivity index (χ2v) is 2.11. The number of ether oxygens (including phenoxy) is 1. The fraction of sp³-hybridized carbons (Fsp3) is 0.500. The molecule has 0 aliphatic rings. The van der Waals surface area contributed by atoms with Gasteiger partial charge in [-0.3, -0.25) is 4.79 Å². The molecule has 0 bridgehead atoms. The Morgan fingerprint density at radius 2 is 2.18 bits per heavy atom. The van der Waals surface area contributed by atoms with Crippen LogP contribution in [0.3, 0.4) is 0 Å². The molecule has 0 N–H and O–H groups in total. The third kappa shape index (κ3) is 3.83. The fourth-order valence-corrected chi connectivity index (χ4v) is 0.394. The minimum Gasteiger partial charge on any atom is -0.448 e. The van der Waals surface area contributed by atoms with E-state index in [1.807, 2.05) is 0 Å². The maximum atomic E-state index is 10.7. The van der Waals surface area contributed by atoms with Crippen LogP contribution in [-0.4, -0.2) is 23.0 Å². The summed E-state index contributed by atoms with van der Waals surface area (Å²) in [7, 11) is 0. The first-order valence-corrected chi connectivity index (χ1v) is 3.36. The van der Waals surface area contributed by atoms with E-state index in [0.717, 1.165) is 0 Å². The van der Waals surface area contributed by atoms with Crippen molar-refractivity contribution in [1.82, 2.24) is 4.42 Å². The molecule has 2 amide bonds. The van der Waals surface area contributed by atoms with Crippen LogP contribution in [0.2, 0.25) is 0 Å². The molecule has 0 spiro atoms. The van der Waals surface area contributed by atoms with Crippen LogP contribution in [0.15, 0.2) is 0 Å². The maximum absolute atomic E-state index is 10.7. The molecule has 0 aromatic carbocycles. The van der Waals surface area contributed by atoms with Gasteiger partial charge in [0.25, 0.3) is 0 Å². The van der Waals surface area contributed by atoms with Gasteiger partial charge in [-0.1, -0.05) is 0 Å². The quantitative estimate of drug-likeness (QED) is 0.600. The lowest BCUT2D eigenvalue weighted by Gasteiger charge is -2.08. The smallest absolute Gasteiger partial charge is 0.431 e. The number of carbonyl (C=O) groups is 2. The summed E-state index contributed by atoms with van der Waals surface area (Å²) in [4.78, 5) is 21.1. The number of nitrogens with zero attached hydrogens (tertiary/aromatic N) is 1. The first kappa shape index (κ1) is 10.2. The van der Waals surface area contributed by atoms with Crippen molar-refractivity contribution in [2.45, 2.75) is 13.3 Å². The Bertz CT molecular complexity index is 160. The van der Waals surface area contributed by atoms with Crippen LogP contribution >= 0.6 is 11.8 Å². The van der Waals surface area contributed by atoms with E-state index < -0.39 is 12.0 Å². The standard InChI is InChI=1S/C6H9ClNO3/c1-3-4-11-6(10)8(7)5(2)9/h1,3-4H2,2H3. The summed E-state index contributed by atoms with van der Waals surface area (Å²) in [6, 6.07) is 0. The molecule has 0 rings (SSSR count). The summed E-state index contributed by atoms with van der Waals surface area (Å²) in [6.45, 7) is 4.77. The Kier molecular flexibility index (Phi) is 4.61. The highest BCUT2D eigenvalue weighted by molar-refractivity contribution is 6.28. The molecule has 63 valence electrons. The highest BCUT2D eigenvalue weighted by atomic mass is 35.5. The van der Waals surface area contributed by atoms with Crippen LogP contribution in [0, 0.1) is 6.92 Å². The van der Waals surface area contributed by atoms with Gasteiger partial charge in [0.2, 0.25) is 5.91 Å². The number of halogens is 1. The lowest BCUT2D eigenvalue weighted by Crippen LogP contribution is -2.26. The van der Waals surface area contributed by atoms with E-state index in [0.29, 0.717) is 10.8 Å². The maximum Gasteiger partial charge on any atom is 0.431 e. The Labute approximate surface area is 70.2 Å². The zero-order valence-corrected chi connectivity index (χ0v) is 6.93. The molecule has 0 aliphatic heterocycles. The van der Waals surface area contributed by atoms with Crippen molar-refractivity contribution >= 4 is 23.8 Å². The molecule has 0 fully saturated rings. The third-order valence-electron chi connectivity index (χ3n) is 0.807. The number of carbonyl (C=O) groups excluding carboxylic acids is 2. The van der Waals surface area contributed by atoms with Gasteiger partial charge in [-0.25, -0.2) is 4.79 Å². The molecular weight excluding hydrogens is 170 g/mol. The van der Waals surface area contributed by atoms with Crippen molar-refractivity contribution in [3.63, 3.8) is 0 Å². The molecule has 0 unspecified atom stereocenters. The molecular formula is C6H9ClNO3. The largest absolute Gasteiger partial charge is 0.448 e. The molecule has 0 saturated carbocycles. The molecule has 11 heavy (non-hydrogen) atoms. The van der Waals surface area contributed by atoms with Gasteiger partial charge in [0.15, 0.2) is 0 Å². The van der Waals surface area contributed by atoms with Gasteiger partial charge in [0, 0.05) is 18.7 Å². The number of hydrogen-bond donors (Lipinski definition) is 0. The molecule has 0 aromatic heterocycles. The summed E-state index contributed by atoms with van der Waals surface area (Å²) in [5.41, 5.74) is 0.